The summed E-state index contributed by atoms with van der Waals surface area (Å²) in [6.45, 7) is 0.739. The maximum absolute atomic E-state index is 11.8. The maximum atomic E-state index is 11.8. The van der Waals surface area contributed by atoms with Crippen LogP contribution >= 0.6 is 0 Å². The number of rotatable bonds is 5. The van der Waals surface area contributed by atoms with Gasteiger partial charge in [-0.1, -0.05) is 43.2 Å². The molecule has 0 radical (unpaired) electrons. The second kappa shape index (κ2) is 7.07. The van der Waals surface area contributed by atoms with Crippen LogP contribution in [0.15, 0.2) is 48.8 Å². The number of benzene rings is 1. The number of nitrogens with zero attached hydrogens (tertiary/aromatic N) is 2. The first-order valence-electron chi connectivity index (χ1n) is 7.84. The largest absolute Gasteiger partial charge is 0.350 e. The SMILES string of the molecule is O=C(/C=C/c1cnn(Cc2ccccc2)c1)NC1CCCC1. The molecule has 2 aromatic rings. The van der Waals surface area contributed by atoms with Crippen molar-refractivity contribution < 1.29 is 4.79 Å². The summed E-state index contributed by atoms with van der Waals surface area (Å²) in [6, 6.07) is 10.6. The lowest BCUT2D eigenvalue weighted by Gasteiger charge is -2.08. The Morgan fingerprint density at radius 3 is 2.82 bits per heavy atom. The van der Waals surface area contributed by atoms with Crippen LogP contribution in [-0.2, 0) is 11.3 Å². The lowest BCUT2D eigenvalue weighted by Crippen LogP contribution is -2.30. The molecule has 1 aromatic heterocycles. The molecule has 4 nitrogen and oxygen atoms in total. The first-order chi connectivity index (χ1) is 10.8. The van der Waals surface area contributed by atoms with Crippen LogP contribution in [0.3, 0.4) is 0 Å². The van der Waals surface area contributed by atoms with Crippen LogP contribution in [0.5, 0.6) is 0 Å². The minimum absolute atomic E-state index is 0.0114. The van der Waals surface area contributed by atoms with Crippen LogP contribution in [-0.4, -0.2) is 21.7 Å². The van der Waals surface area contributed by atoms with Gasteiger partial charge >= 0.3 is 0 Å². The molecule has 1 heterocycles. The Morgan fingerprint density at radius 1 is 1.27 bits per heavy atom. The molecule has 1 aliphatic rings. The molecule has 1 N–H and O–H groups in total. The van der Waals surface area contributed by atoms with Gasteiger partial charge in [-0.3, -0.25) is 9.48 Å². The minimum Gasteiger partial charge on any atom is -0.350 e. The molecule has 0 spiro atoms. The highest BCUT2D eigenvalue weighted by Gasteiger charge is 2.15. The van der Waals surface area contributed by atoms with E-state index in [0.717, 1.165) is 24.9 Å². The van der Waals surface area contributed by atoms with Crippen LogP contribution in [0.4, 0.5) is 0 Å². The number of aromatic nitrogens is 2. The second-order valence-corrected chi connectivity index (χ2v) is 5.78. The van der Waals surface area contributed by atoms with Gasteiger partial charge in [0.1, 0.15) is 0 Å². The van der Waals surface area contributed by atoms with E-state index >= 15 is 0 Å². The highest BCUT2D eigenvalue weighted by Crippen LogP contribution is 2.17. The zero-order valence-electron chi connectivity index (χ0n) is 12.6. The molecule has 0 aliphatic heterocycles. The van der Waals surface area contributed by atoms with E-state index in [9.17, 15) is 4.79 Å². The Morgan fingerprint density at radius 2 is 2.05 bits per heavy atom. The first kappa shape index (κ1) is 14.6. The van der Waals surface area contributed by atoms with Crippen LogP contribution in [0.2, 0.25) is 0 Å². The van der Waals surface area contributed by atoms with Gasteiger partial charge in [-0.05, 0) is 24.5 Å². The number of carbonyl (C=O) groups excluding carboxylic acids is 1. The van der Waals surface area contributed by atoms with Crippen molar-refractivity contribution in [3.05, 3.63) is 59.9 Å². The van der Waals surface area contributed by atoms with Crippen LogP contribution in [0, 0.1) is 0 Å². The van der Waals surface area contributed by atoms with Crippen LogP contribution in [0.1, 0.15) is 36.8 Å². The topological polar surface area (TPSA) is 46.9 Å². The van der Waals surface area contributed by atoms with Gasteiger partial charge in [0.15, 0.2) is 0 Å². The molecule has 0 unspecified atom stereocenters. The zero-order chi connectivity index (χ0) is 15.2. The van der Waals surface area contributed by atoms with Crippen molar-refractivity contribution in [1.82, 2.24) is 15.1 Å². The summed E-state index contributed by atoms with van der Waals surface area (Å²) < 4.78 is 1.88. The lowest BCUT2D eigenvalue weighted by atomic mass is 10.2. The van der Waals surface area contributed by atoms with Gasteiger partial charge in [0.25, 0.3) is 0 Å². The number of carbonyl (C=O) groups is 1. The summed E-state index contributed by atoms with van der Waals surface area (Å²) in [4.78, 5) is 11.8. The molecular weight excluding hydrogens is 274 g/mol. The van der Waals surface area contributed by atoms with Gasteiger partial charge in [-0.25, -0.2) is 0 Å². The fraction of sp³-hybridized carbons (Fsp3) is 0.333. The number of amides is 1. The highest BCUT2D eigenvalue weighted by molar-refractivity contribution is 5.91. The Hall–Kier alpha value is -2.36. The summed E-state index contributed by atoms with van der Waals surface area (Å²) >= 11 is 0. The quantitative estimate of drug-likeness (QED) is 0.862. The lowest BCUT2D eigenvalue weighted by molar-refractivity contribution is -0.117. The van der Waals surface area contributed by atoms with Gasteiger partial charge < -0.3 is 5.32 Å². The Balaban J connectivity index is 1.54. The molecule has 1 fully saturated rings. The molecule has 114 valence electrons. The second-order valence-electron chi connectivity index (χ2n) is 5.78. The number of hydrogen-bond acceptors (Lipinski definition) is 2. The molecular formula is C18H21N3O. The average Bonchev–Trinajstić information content (AvgIpc) is 3.18. The molecule has 22 heavy (non-hydrogen) atoms. The molecule has 0 saturated heterocycles. The Bertz CT molecular complexity index is 639. The van der Waals surface area contributed by atoms with Gasteiger partial charge in [0.05, 0.1) is 12.7 Å². The van der Waals surface area contributed by atoms with Crippen molar-refractivity contribution in [2.75, 3.05) is 0 Å². The zero-order valence-corrected chi connectivity index (χ0v) is 12.6. The van der Waals surface area contributed by atoms with E-state index in [4.69, 9.17) is 0 Å². The number of hydrogen-bond donors (Lipinski definition) is 1. The average molecular weight is 295 g/mol. The van der Waals surface area contributed by atoms with Crippen molar-refractivity contribution in [2.45, 2.75) is 38.3 Å². The van der Waals surface area contributed by atoms with Gasteiger partial charge in [0.2, 0.25) is 5.91 Å². The maximum Gasteiger partial charge on any atom is 0.244 e. The Labute approximate surface area is 130 Å². The minimum atomic E-state index is -0.0114. The van der Waals surface area contributed by atoms with Gasteiger partial charge in [-0.2, -0.15) is 5.10 Å². The van der Waals surface area contributed by atoms with Crippen molar-refractivity contribution in [3.63, 3.8) is 0 Å². The summed E-state index contributed by atoms with van der Waals surface area (Å²) in [5.41, 5.74) is 2.15. The molecule has 0 bridgehead atoms. The third-order valence-electron chi connectivity index (χ3n) is 3.97. The predicted molar refractivity (Wildman–Crippen MR) is 87.2 cm³/mol. The van der Waals surface area contributed by atoms with Gasteiger partial charge in [-0.15, -0.1) is 0 Å². The standard InChI is InChI=1S/C18H21N3O/c22-18(20-17-8-4-5-9-17)11-10-16-12-19-21(14-16)13-15-6-2-1-3-7-15/h1-3,6-7,10-12,14,17H,4-5,8-9,13H2,(H,20,22)/b11-10+. The first-order valence-corrected chi connectivity index (χ1v) is 7.84. The van der Waals surface area contributed by atoms with E-state index in [0.29, 0.717) is 6.04 Å². The molecule has 1 saturated carbocycles. The summed E-state index contributed by atoms with van der Waals surface area (Å²) in [7, 11) is 0. The normalized spacial score (nSPS) is 15.5. The summed E-state index contributed by atoms with van der Waals surface area (Å²) in [5, 5.41) is 7.37. The van der Waals surface area contributed by atoms with Crippen LogP contribution in [0.25, 0.3) is 6.08 Å². The number of nitrogens with one attached hydrogen (secondary N) is 1. The molecule has 1 aliphatic carbocycles. The fourth-order valence-corrected chi connectivity index (χ4v) is 2.81. The third kappa shape index (κ3) is 4.07. The van der Waals surface area contributed by atoms with Crippen molar-refractivity contribution >= 4 is 12.0 Å². The van der Waals surface area contributed by atoms with Gasteiger partial charge in [0, 0.05) is 23.9 Å². The smallest absolute Gasteiger partial charge is 0.244 e. The summed E-state index contributed by atoms with van der Waals surface area (Å²) in [6.07, 6.45) is 11.8. The van der Waals surface area contributed by atoms with E-state index in [-0.39, 0.29) is 5.91 Å². The van der Waals surface area contributed by atoms with E-state index in [1.807, 2.05) is 35.2 Å². The molecule has 3 rings (SSSR count). The monoisotopic (exact) mass is 295 g/mol. The van der Waals surface area contributed by atoms with Crippen molar-refractivity contribution in [1.29, 1.82) is 0 Å². The Kier molecular flexibility index (Phi) is 4.68. The van der Waals surface area contributed by atoms with E-state index < -0.39 is 0 Å². The summed E-state index contributed by atoms with van der Waals surface area (Å²) in [5.74, 6) is -0.0114. The highest BCUT2D eigenvalue weighted by atomic mass is 16.1. The third-order valence-corrected chi connectivity index (χ3v) is 3.97. The molecule has 0 atom stereocenters. The molecule has 1 aromatic carbocycles. The van der Waals surface area contributed by atoms with Crippen molar-refractivity contribution in [2.24, 2.45) is 0 Å². The fourth-order valence-electron chi connectivity index (χ4n) is 2.81. The molecule has 1 amide bonds. The predicted octanol–water partition coefficient (Wildman–Crippen LogP) is 3.00. The van der Waals surface area contributed by atoms with E-state index in [1.165, 1.54) is 18.4 Å². The van der Waals surface area contributed by atoms with E-state index in [2.05, 4.69) is 22.5 Å². The molecule has 4 heteroatoms. The van der Waals surface area contributed by atoms with E-state index in [1.54, 1.807) is 12.3 Å². The van der Waals surface area contributed by atoms with Crippen molar-refractivity contribution in [3.8, 4) is 0 Å². The van der Waals surface area contributed by atoms with Crippen LogP contribution < -0.4 is 5.32 Å².